The van der Waals surface area contributed by atoms with Crippen LogP contribution >= 0.6 is 0 Å². The third-order valence-electron chi connectivity index (χ3n) is 6.71. The van der Waals surface area contributed by atoms with Crippen LogP contribution in [0.1, 0.15) is 26.0 Å². The summed E-state index contributed by atoms with van der Waals surface area (Å²) in [6, 6.07) is 7.66. The Balaban J connectivity index is 1.20. The third kappa shape index (κ3) is 4.79. The highest BCUT2D eigenvalue weighted by atomic mass is 16.7. The predicted octanol–water partition coefficient (Wildman–Crippen LogP) is 3.40. The van der Waals surface area contributed by atoms with Gasteiger partial charge in [-0.1, -0.05) is 0 Å². The molecule has 0 aliphatic carbocycles. The number of hydrogen-bond acceptors (Lipinski definition) is 9. The molecule has 2 amide bonds. The standard InChI is InChI=1S/C26H29N7O4/c1-16-4-5-17(10-28-16)20-6-7-21-24(29-20)33(18-8-9-32(21)13-18)25(34)31-22-11-27-12-23(30-22)35-14-19-15-36-26(2,3)37-19/h4-7,10-12,18-19H,8-9,13-15H2,1-3H3,(H,30,31,34)/t18?,19-/m1/s1. The predicted molar refractivity (Wildman–Crippen MR) is 137 cm³/mol. The van der Waals surface area contributed by atoms with Gasteiger partial charge in [0.15, 0.2) is 17.4 Å². The van der Waals surface area contributed by atoms with Gasteiger partial charge in [0.25, 0.3) is 0 Å². The van der Waals surface area contributed by atoms with Crippen molar-refractivity contribution in [3.8, 4) is 17.1 Å². The molecule has 0 saturated carbocycles. The molecular formula is C26H29N7O4. The molecule has 2 fully saturated rings. The maximum absolute atomic E-state index is 13.6. The highest BCUT2D eigenvalue weighted by Gasteiger charge is 2.40. The third-order valence-corrected chi connectivity index (χ3v) is 6.71. The van der Waals surface area contributed by atoms with Gasteiger partial charge in [0, 0.05) is 30.5 Å². The van der Waals surface area contributed by atoms with Crippen LogP contribution in [0.5, 0.6) is 5.88 Å². The Bertz CT molecular complexity index is 1320. The van der Waals surface area contributed by atoms with Crippen LogP contribution in [0.3, 0.4) is 0 Å². The number of carbonyl (C=O) groups excluding carboxylic acids is 1. The average molecular weight is 504 g/mol. The molecule has 3 aromatic heterocycles. The highest BCUT2D eigenvalue weighted by molar-refractivity contribution is 6.04. The number of aromatic nitrogens is 4. The van der Waals surface area contributed by atoms with Gasteiger partial charge >= 0.3 is 6.03 Å². The summed E-state index contributed by atoms with van der Waals surface area (Å²) in [5.41, 5.74) is 3.55. The maximum atomic E-state index is 13.6. The van der Waals surface area contributed by atoms with Gasteiger partial charge in [-0.2, -0.15) is 4.98 Å². The maximum Gasteiger partial charge on any atom is 0.329 e. The van der Waals surface area contributed by atoms with Crippen LogP contribution in [-0.2, 0) is 9.47 Å². The number of ether oxygens (including phenoxy) is 3. The minimum atomic E-state index is -0.625. The Kier molecular flexibility index (Phi) is 5.88. The van der Waals surface area contributed by atoms with Crippen LogP contribution in [0.15, 0.2) is 42.9 Å². The molecule has 37 heavy (non-hydrogen) atoms. The Morgan fingerprint density at radius 3 is 2.86 bits per heavy atom. The summed E-state index contributed by atoms with van der Waals surface area (Å²) in [5, 5.41) is 2.89. The SMILES string of the molecule is Cc1ccc(-c2ccc3c(n2)N(C(=O)Nc2cncc(OC[C@@H]4COC(C)(C)O4)n2)C2CCN3C2)cn1. The average Bonchev–Trinajstić information content (AvgIpc) is 3.46. The number of fused-ring (bicyclic) bond motifs is 4. The van der Waals surface area contributed by atoms with Crippen molar-refractivity contribution in [1.82, 2.24) is 19.9 Å². The Hall–Kier alpha value is -3.83. The van der Waals surface area contributed by atoms with Crippen molar-refractivity contribution in [2.45, 2.75) is 45.1 Å². The van der Waals surface area contributed by atoms with Gasteiger partial charge in [-0.25, -0.2) is 9.78 Å². The summed E-state index contributed by atoms with van der Waals surface area (Å²) < 4.78 is 17.1. The van der Waals surface area contributed by atoms with E-state index in [9.17, 15) is 4.79 Å². The van der Waals surface area contributed by atoms with E-state index in [0.29, 0.717) is 24.1 Å². The van der Waals surface area contributed by atoms with Crippen LogP contribution < -0.4 is 19.9 Å². The van der Waals surface area contributed by atoms with Gasteiger partial charge in [-0.3, -0.25) is 20.2 Å². The molecule has 3 aliphatic rings. The number of urea groups is 1. The summed E-state index contributed by atoms with van der Waals surface area (Å²) in [4.78, 5) is 35.5. The first-order valence-corrected chi connectivity index (χ1v) is 12.4. The summed E-state index contributed by atoms with van der Waals surface area (Å²) in [6.07, 6.45) is 5.47. The summed E-state index contributed by atoms with van der Waals surface area (Å²) >= 11 is 0. The Labute approximate surface area is 214 Å². The van der Waals surface area contributed by atoms with Gasteiger partial charge in [-0.05, 0) is 51.5 Å². The van der Waals surface area contributed by atoms with E-state index < -0.39 is 5.79 Å². The van der Waals surface area contributed by atoms with E-state index in [1.165, 1.54) is 12.4 Å². The lowest BCUT2D eigenvalue weighted by molar-refractivity contribution is -0.141. The zero-order valence-corrected chi connectivity index (χ0v) is 21.0. The first-order valence-electron chi connectivity index (χ1n) is 12.4. The quantitative estimate of drug-likeness (QED) is 0.559. The molecule has 1 N–H and O–H groups in total. The molecule has 1 unspecified atom stereocenters. The number of carbonyl (C=O) groups is 1. The number of hydrogen-bond donors (Lipinski definition) is 1. The van der Waals surface area contributed by atoms with Crippen LogP contribution in [0.2, 0.25) is 0 Å². The molecule has 11 heteroatoms. The molecule has 3 aliphatic heterocycles. The molecule has 3 aromatic rings. The first kappa shape index (κ1) is 23.6. The minimum Gasteiger partial charge on any atom is -0.474 e. The van der Waals surface area contributed by atoms with Crippen molar-refractivity contribution in [1.29, 1.82) is 0 Å². The molecule has 2 bridgehead atoms. The van der Waals surface area contributed by atoms with E-state index in [1.54, 1.807) is 11.1 Å². The summed E-state index contributed by atoms with van der Waals surface area (Å²) in [5.74, 6) is 0.599. The van der Waals surface area contributed by atoms with Gasteiger partial charge in [-0.15, -0.1) is 0 Å². The zero-order chi connectivity index (χ0) is 25.6. The van der Waals surface area contributed by atoms with Crippen LogP contribution in [0.25, 0.3) is 11.3 Å². The van der Waals surface area contributed by atoms with Gasteiger partial charge in [0.1, 0.15) is 12.7 Å². The fourth-order valence-electron chi connectivity index (χ4n) is 4.92. The first-order chi connectivity index (χ1) is 17.8. The summed E-state index contributed by atoms with van der Waals surface area (Å²) in [7, 11) is 0. The Morgan fingerprint density at radius 2 is 2.08 bits per heavy atom. The lowest BCUT2D eigenvalue weighted by Gasteiger charge is -2.35. The van der Waals surface area contributed by atoms with E-state index >= 15 is 0 Å². The Morgan fingerprint density at radius 1 is 1.19 bits per heavy atom. The molecule has 0 radical (unpaired) electrons. The normalized spacial score (nSPS) is 21.6. The molecule has 192 valence electrons. The van der Waals surface area contributed by atoms with Crippen LogP contribution in [0, 0.1) is 6.92 Å². The van der Waals surface area contributed by atoms with E-state index in [0.717, 1.165) is 42.1 Å². The molecule has 11 nitrogen and oxygen atoms in total. The van der Waals surface area contributed by atoms with E-state index in [-0.39, 0.29) is 24.8 Å². The van der Waals surface area contributed by atoms with Crippen molar-refractivity contribution >= 4 is 23.4 Å². The van der Waals surface area contributed by atoms with Crippen molar-refractivity contribution in [2.75, 3.05) is 41.4 Å². The van der Waals surface area contributed by atoms with Gasteiger partial charge in [0.05, 0.1) is 36.4 Å². The van der Waals surface area contributed by atoms with E-state index in [4.69, 9.17) is 19.2 Å². The van der Waals surface area contributed by atoms with Crippen molar-refractivity contribution in [3.63, 3.8) is 0 Å². The van der Waals surface area contributed by atoms with Crippen LogP contribution in [0.4, 0.5) is 22.1 Å². The second-order valence-corrected chi connectivity index (χ2v) is 9.92. The highest BCUT2D eigenvalue weighted by Crippen LogP contribution is 2.40. The summed E-state index contributed by atoms with van der Waals surface area (Å²) in [6.45, 7) is 8.03. The molecule has 2 atom stereocenters. The molecule has 0 spiro atoms. The number of nitrogens with one attached hydrogen (secondary N) is 1. The number of nitrogens with zero attached hydrogens (tertiary/aromatic N) is 6. The molecule has 2 saturated heterocycles. The smallest absolute Gasteiger partial charge is 0.329 e. The lowest BCUT2D eigenvalue weighted by atomic mass is 10.1. The van der Waals surface area contributed by atoms with Crippen molar-refractivity contribution < 1.29 is 19.0 Å². The number of rotatable bonds is 5. The lowest BCUT2D eigenvalue weighted by Crippen LogP contribution is -2.48. The number of pyridine rings is 2. The monoisotopic (exact) mass is 503 g/mol. The number of anilines is 3. The molecule has 6 heterocycles. The second-order valence-electron chi connectivity index (χ2n) is 9.92. The fraction of sp³-hybridized carbons (Fsp3) is 0.423. The van der Waals surface area contributed by atoms with Gasteiger partial charge < -0.3 is 19.1 Å². The van der Waals surface area contributed by atoms with E-state index in [1.807, 2.05) is 45.0 Å². The molecule has 0 aromatic carbocycles. The molecular weight excluding hydrogens is 474 g/mol. The zero-order valence-electron chi connectivity index (χ0n) is 21.0. The largest absolute Gasteiger partial charge is 0.474 e. The fourth-order valence-corrected chi connectivity index (χ4v) is 4.92. The number of amides is 2. The topological polar surface area (TPSA) is 115 Å². The minimum absolute atomic E-state index is 0.0154. The van der Waals surface area contributed by atoms with E-state index in [2.05, 4.69) is 25.2 Å². The van der Waals surface area contributed by atoms with Crippen LogP contribution in [-0.4, -0.2) is 70.2 Å². The molecule has 6 rings (SSSR count). The van der Waals surface area contributed by atoms with Crippen molar-refractivity contribution in [2.24, 2.45) is 0 Å². The second kappa shape index (κ2) is 9.24. The van der Waals surface area contributed by atoms with Crippen molar-refractivity contribution in [3.05, 3.63) is 48.5 Å². The number of aryl methyl sites for hydroxylation is 1. The van der Waals surface area contributed by atoms with Gasteiger partial charge in [0.2, 0.25) is 5.88 Å².